The normalized spacial score (nSPS) is 18.5. The zero-order chi connectivity index (χ0) is 20.9. The molecule has 1 aliphatic heterocycles. The van der Waals surface area contributed by atoms with Crippen molar-refractivity contribution in [3.8, 4) is 0 Å². The number of amides is 4. The Hall–Kier alpha value is -3.35. The predicted molar refractivity (Wildman–Crippen MR) is 111 cm³/mol. The number of nitrogens with one attached hydrogen (secondary N) is 2. The van der Waals surface area contributed by atoms with Gasteiger partial charge in [0.2, 0.25) is 5.91 Å². The van der Waals surface area contributed by atoms with Gasteiger partial charge in [0.25, 0.3) is 5.91 Å². The summed E-state index contributed by atoms with van der Waals surface area (Å²) in [6, 6.07) is 18.5. The Morgan fingerprint density at radius 1 is 1.07 bits per heavy atom. The van der Waals surface area contributed by atoms with Crippen LogP contribution in [0.3, 0.4) is 0 Å². The molecule has 0 saturated carbocycles. The van der Waals surface area contributed by atoms with Crippen molar-refractivity contribution in [2.45, 2.75) is 18.9 Å². The fraction of sp³-hybridized carbons (Fsp3) is 0.318. The highest BCUT2D eigenvalue weighted by Crippen LogP contribution is 2.28. The van der Waals surface area contributed by atoms with E-state index in [4.69, 9.17) is 0 Å². The number of urea groups is 1. The number of hydrogen-bond donors (Lipinski definition) is 2. The van der Waals surface area contributed by atoms with Crippen LogP contribution in [0.25, 0.3) is 0 Å². The second-order valence-corrected chi connectivity index (χ2v) is 7.27. The lowest BCUT2D eigenvalue weighted by Gasteiger charge is -2.22. The molecule has 0 bridgehead atoms. The van der Waals surface area contributed by atoms with Gasteiger partial charge in [-0.3, -0.25) is 14.5 Å². The first-order valence-corrected chi connectivity index (χ1v) is 9.64. The molecule has 2 aromatic rings. The number of rotatable bonds is 8. The van der Waals surface area contributed by atoms with Gasteiger partial charge in [0.15, 0.2) is 0 Å². The monoisotopic (exact) mass is 394 g/mol. The van der Waals surface area contributed by atoms with Crippen LogP contribution in [-0.4, -0.2) is 49.4 Å². The second kappa shape index (κ2) is 8.77. The molecular formula is C22H26N4O3. The van der Waals surface area contributed by atoms with E-state index in [1.54, 1.807) is 19.1 Å². The molecule has 1 heterocycles. The average Bonchev–Trinajstić information content (AvgIpc) is 2.96. The lowest BCUT2D eigenvalue weighted by Crippen LogP contribution is -2.43. The van der Waals surface area contributed by atoms with E-state index in [2.05, 4.69) is 15.5 Å². The first kappa shape index (κ1) is 20.4. The molecule has 0 aliphatic carbocycles. The molecule has 1 atom stereocenters. The second-order valence-electron chi connectivity index (χ2n) is 7.27. The number of imide groups is 1. The van der Waals surface area contributed by atoms with Gasteiger partial charge in [0.05, 0.1) is 0 Å². The van der Waals surface area contributed by atoms with Gasteiger partial charge < -0.3 is 15.5 Å². The van der Waals surface area contributed by atoms with Crippen LogP contribution in [0.5, 0.6) is 0 Å². The minimum Gasteiger partial charge on any atom is -0.375 e. The molecule has 0 unspecified atom stereocenters. The summed E-state index contributed by atoms with van der Waals surface area (Å²) in [7, 11) is 1.99. The van der Waals surface area contributed by atoms with E-state index in [-0.39, 0.29) is 12.5 Å². The molecule has 2 aromatic carbocycles. The fourth-order valence-electron chi connectivity index (χ4n) is 3.36. The molecule has 1 fully saturated rings. The molecule has 7 heteroatoms. The van der Waals surface area contributed by atoms with E-state index in [0.29, 0.717) is 12.1 Å². The zero-order valence-electron chi connectivity index (χ0n) is 16.7. The SMILES string of the molecule is CN(CCCNC(=O)CN1C(=O)N[C@@](C)(c2ccccc2)C1=O)c1ccccc1. The summed E-state index contributed by atoms with van der Waals surface area (Å²) < 4.78 is 0. The van der Waals surface area contributed by atoms with Crippen molar-refractivity contribution in [1.29, 1.82) is 0 Å². The Labute approximate surface area is 170 Å². The molecule has 0 radical (unpaired) electrons. The predicted octanol–water partition coefficient (Wildman–Crippen LogP) is 2.10. The van der Waals surface area contributed by atoms with Crippen LogP contribution in [0.2, 0.25) is 0 Å². The van der Waals surface area contributed by atoms with Gasteiger partial charge in [0, 0.05) is 25.8 Å². The van der Waals surface area contributed by atoms with Crippen molar-refractivity contribution >= 4 is 23.5 Å². The minimum atomic E-state index is -1.16. The van der Waals surface area contributed by atoms with Gasteiger partial charge in [-0.15, -0.1) is 0 Å². The van der Waals surface area contributed by atoms with E-state index in [1.165, 1.54) is 0 Å². The smallest absolute Gasteiger partial charge is 0.325 e. The van der Waals surface area contributed by atoms with E-state index in [0.717, 1.165) is 23.6 Å². The van der Waals surface area contributed by atoms with Crippen LogP contribution in [0, 0.1) is 0 Å². The topological polar surface area (TPSA) is 81.8 Å². The largest absolute Gasteiger partial charge is 0.375 e. The third-order valence-electron chi connectivity index (χ3n) is 5.12. The van der Waals surface area contributed by atoms with Crippen molar-refractivity contribution in [2.75, 3.05) is 31.6 Å². The first-order chi connectivity index (χ1) is 13.9. The van der Waals surface area contributed by atoms with Crippen molar-refractivity contribution in [2.24, 2.45) is 0 Å². The summed E-state index contributed by atoms with van der Waals surface area (Å²) in [6.45, 7) is 2.61. The van der Waals surface area contributed by atoms with Gasteiger partial charge in [0.1, 0.15) is 12.1 Å². The highest BCUT2D eigenvalue weighted by molar-refractivity contribution is 6.09. The van der Waals surface area contributed by atoms with Crippen LogP contribution in [-0.2, 0) is 15.1 Å². The maximum absolute atomic E-state index is 12.8. The molecule has 152 valence electrons. The highest BCUT2D eigenvalue weighted by Gasteiger charge is 2.49. The molecule has 3 rings (SSSR count). The molecular weight excluding hydrogens is 368 g/mol. The van der Waals surface area contributed by atoms with Crippen LogP contribution >= 0.6 is 0 Å². The molecule has 2 N–H and O–H groups in total. The Morgan fingerprint density at radius 2 is 1.69 bits per heavy atom. The Bertz CT molecular complexity index is 872. The van der Waals surface area contributed by atoms with Crippen LogP contribution < -0.4 is 15.5 Å². The van der Waals surface area contributed by atoms with Gasteiger partial charge in [-0.1, -0.05) is 48.5 Å². The van der Waals surface area contributed by atoms with Gasteiger partial charge in [-0.25, -0.2) is 4.79 Å². The summed E-state index contributed by atoms with van der Waals surface area (Å²) >= 11 is 0. The number of anilines is 1. The summed E-state index contributed by atoms with van der Waals surface area (Å²) in [6.07, 6.45) is 0.749. The lowest BCUT2D eigenvalue weighted by atomic mass is 9.92. The Morgan fingerprint density at radius 3 is 2.34 bits per heavy atom. The molecule has 7 nitrogen and oxygen atoms in total. The van der Waals surface area contributed by atoms with Crippen LogP contribution in [0.1, 0.15) is 18.9 Å². The fourth-order valence-corrected chi connectivity index (χ4v) is 3.36. The third-order valence-corrected chi connectivity index (χ3v) is 5.12. The summed E-state index contributed by atoms with van der Waals surface area (Å²) in [5.74, 6) is -0.777. The van der Waals surface area contributed by atoms with E-state index < -0.39 is 17.5 Å². The van der Waals surface area contributed by atoms with Crippen LogP contribution in [0.4, 0.5) is 10.5 Å². The number of carbonyl (C=O) groups is 3. The maximum Gasteiger partial charge on any atom is 0.325 e. The van der Waals surface area contributed by atoms with E-state index in [1.807, 2.05) is 55.6 Å². The maximum atomic E-state index is 12.8. The van der Waals surface area contributed by atoms with E-state index >= 15 is 0 Å². The molecule has 1 saturated heterocycles. The van der Waals surface area contributed by atoms with Gasteiger partial charge in [-0.2, -0.15) is 0 Å². The quantitative estimate of drug-likeness (QED) is 0.531. The van der Waals surface area contributed by atoms with Crippen molar-refractivity contribution in [3.63, 3.8) is 0 Å². The minimum absolute atomic E-state index is 0.290. The van der Waals surface area contributed by atoms with Crippen molar-refractivity contribution in [1.82, 2.24) is 15.5 Å². The number of benzene rings is 2. The Balaban J connectivity index is 1.48. The third kappa shape index (κ3) is 4.56. The molecule has 4 amide bonds. The van der Waals surface area contributed by atoms with Gasteiger partial charge >= 0.3 is 6.03 Å². The summed E-state index contributed by atoms with van der Waals surface area (Å²) in [4.78, 5) is 40.4. The molecule has 1 aliphatic rings. The molecule has 29 heavy (non-hydrogen) atoms. The van der Waals surface area contributed by atoms with Crippen molar-refractivity contribution in [3.05, 3.63) is 66.2 Å². The standard InChI is InChI=1S/C22H26N4O3/c1-22(17-10-5-3-6-11-17)20(28)26(21(29)24-22)16-19(27)23-14-9-15-25(2)18-12-7-4-8-13-18/h3-8,10-13H,9,14-16H2,1-2H3,(H,23,27)(H,24,29)/t22-/m0/s1. The van der Waals surface area contributed by atoms with E-state index in [9.17, 15) is 14.4 Å². The molecule has 0 aromatic heterocycles. The lowest BCUT2D eigenvalue weighted by molar-refractivity contribution is -0.134. The number of carbonyl (C=O) groups excluding carboxylic acids is 3. The summed E-state index contributed by atoms with van der Waals surface area (Å²) in [5.41, 5.74) is 0.639. The summed E-state index contributed by atoms with van der Waals surface area (Å²) in [5, 5.41) is 5.49. The first-order valence-electron chi connectivity index (χ1n) is 9.64. The van der Waals surface area contributed by atoms with Gasteiger partial charge in [-0.05, 0) is 31.0 Å². The Kier molecular flexibility index (Phi) is 6.16. The van der Waals surface area contributed by atoms with Crippen molar-refractivity contribution < 1.29 is 14.4 Å². The number of nitrogens with zero attached hydrogens (tertiary/aromatic N) is 2. The van der Waals surface area contributed by atoms with Crippen LogP contribution in [0.15, 0.2) is 60.7 Å². The average molecular weight is 394 g/mol. The zero-order valence-corrected chi connectivity index (χ0v) is 16.7. The highest BCUT2D eigenvalue weighted by atomic mass is 16.2. The molecule has 0 spiro atoms. The number of hydrogen-bond acceptors (Lipinski definition) is 4. The number of para-hydroxylation sites is 1.